The Labute approximate surface area is 210 Å². The molecule has 2 N–H and O–H groups in total. The predicted molar refractivity (Wildman–Crippen MR) is 136 cm³/mol. The average Bonchev–Trinajstić information content (AvgIpc) is 3.18. The van der Waals surface area contributed by atoms with E-state index in [-0.39, 0.29) is 17.6 Å². The molecule has 2 amide bonds. The first-order valence-electron chi connectivity index (χ1n) is 10.1. The van der Waals surface area contributed by atoms with E-state index < -0.39 is 6.04 Å². The first-order valence-corrected chi connectivity index (χ1v) is 12.2. The smallest absolute Gasteiger partial charge is 0.251 e. The van der Waals surface area contributed by atoms with Gasteiger partial charge >= 0.3 is 0 Å². The second-order valence-electron chi connectivity index (χ2n) is 7.25. The number of anilines is 1. The quantitative estimate of drug-likeness (QED) is 0.276. The third-order valence-electron chi connectivity index (χ3n) is 4.65. The van der Waals surface area contributed by atoms with E-state index in [0.29, 0.717) is 28.1 Å². The van der Waals surface area contributed by atoms with Gasteiger partial charge in [0.25, 0.3) is 5.91 Å². The second kappa shape index (κ2) is 11.5. The number of aryl methyl sites for hydroxylation is 1. The Morgan fingerprint density at radius 3 is 2.76 bits per heavy atom. The molecule has 0 aliphatic rings. The molecule has 7 nitrogen and oxygen atoms in total. The number of rotatable bonds is 9. The number of carbonyl (C=O) groups is 2. The molecule has 10 heteroatoms. The molecule has 0 saturated heterocycles. The van der Waals surface area contributed by atoms with Crippen molar-refractivity contribution in [2.75, 3.05) is 11.1 Å². The molecule has 172 valence electrons. The minimum Gasteiger partial charge on any atom is -0.342 e. The van der Waals surface area contributed by atoms with Gasteiger partial charge in [-0.3, -0.25) is 9.59 Å². The number of nitrogens with one attached hydrogen (secondary N) is 2. The minimum atomic E-state index is -0.419. The topological polar surface area (TPSA) is 88.9 Å². The van der Waals surface area contributed by atoms with Gasteiger partial charge in [0.15, 0.2) is 11.0 Å². The molecule has 0 spiro atoms. The zero-order chi connectivity index (χ0) is 24.0. The highest BCUT2D eigenvalue weighted by Gasteiger charge is 2.20. The highest BCUT2D eigenvalue weighted by molar-refractivity contribution is 9.10. The average molecular weight is 549 g/mol. The van der Waals surface area contributed by atoms with Crippen molar-refractivity contribution >= 4 is 56.8 Å². The van der Waals surface area contributed by atoms with Gasteiger partial charge in [-0.2, -0.15) is 0 Å². The Hall–Kier alpha value is -2.62. The summed E-state index contributed by atoms with van der Waals surface area (Å²) in [6.45, 7) is 8.01. The zero-order valence-electron chi connectivity index (χ0n) is 18.1. The molecular formula is C23H23BrClN5O2S. The van der Waals surface area contributed by atoms with Gasteiger partial charge in [0.05, 0.1) is 11.8 Å². The summed E-state index contributed by atoms with van der Waals surface area (Å²) in [7, 11) is 0. The Bertz CT molecular complexity index is 1180. The van der Waals surface area contributed by atoms with Crippen LogP contribution < -0.4 is 10.6 Å². The molecule has 0 fully saturated rings. The number of allylic oxidation sites excluding steroid dienone is 1. The summed E-state index contributed by atoms with van der Waals surface area (Å²) in [5.74, 6) is 0.306. The maximum Gasteiger partial charge on any atom is 0.251 e. The van der Waals surface area contributed by atoms with Crippen molar-refractivity contribution in [3.8, 4) is 0 Å². The summed E-state index contributed by atoms with van der Waals surface area (Å²) >= 11 is 10.7. The van der Waals surface area contributed by atoms with Crippen LogP contribution in [0.15, 0.2) is 64.7 Å². The van der Waals surface area contributed by atoms with Crippen LogP contribution in [0.5, 0.6) is 0 Å². The normalized spacial score (nSPS) is 11.6. The third-order valence-corrected chi connectivity index (χ3v) is 6.74. The van der Waals surface area contributed by atoms with Gasteiger partial charge in [-0.1, -0.05) is 51.4 Å². The van der Waals surface area contributed by atoms with Crippen molar-refractivity contribution in [1.82, 2.24) is 20.1 Å². The van der Waals surface area contributed by atoms with Crippen molar-refractivity contribution in [2.45, 2.75) is 31.6 Å². The van der Waals surface area contributed by atoms with E-state index in [1.54, 1.807) is 30.3 Å². The van der Waals surface area contributed by atoms with Crippen molar-refractivity contribution in [3.05, 3.63) is 81.6 Å². The van der Waals surface area contributed by atoms with Crippen LogP contribution in [0.3, 0.4) is 0 Å². The number of hydrogen-bond donors (Lipinski definition) is 2. The first kappa shape index (κ1) is 25.0. The number of nitrogens with zero attached hydrogens (tertiary/aromatic N) is 3. The Kier molecular flexibility index (Phi) is 8.71. The summed E-state index contributed by atoms with van der Waals surface area (Å²) in [5.41, 5.74) is 2.22. The molecule has 33 heavy (non-hydrogen) atoms. The number of aromatic nitrogens is 3. The van der Waals surface area contributed by atoms with Crippen LogP contribution in [0.4, 0.5) is 5.69 Å². The van der Waals surface area contributed by atoms with E-state index in [2.05, 4.69) is 43.3 Å². The summed E-state index contributed by atoms with van der Waals surface area (Å²) in [6.07, 6.45) is 1.72. The van der Waals surface area contributed by atoms with Gasteiger partial charge in [-0.05, 0) is 55.8 Å². The number of carbonyl (C=O) groups excluding carboxylic acids is 2. The van der Waals surface area contributed by atoms with Gasteiger partial charge < -0.3 is 15.2 Å². The Balaban J connectivity index is 1.66. The summed E-state index contributed by atoms with van der Waals surface area (Å²) < 4.78 is 2.81. The molecule has 1 aromatic heterocycles. The SMILES string of the molecule is C=CCn1c(SCC(=O)Nc2ccc(Br)c(C)c2)nnc1C(C)NC(=O)c1cccc(Cl)c1. The fraction of sp³-hybridized carbons (Fsp3) is 0.217. The summed E-state index contributed by atoms with van der Waals surface area (Å²) in [6, 6.07) is 11.9. The van der Waals surface area contributed by atoms with Crippen LogP contribution in [0.1, 0.15) is 34.7 Å². The van der Waals surface area contributed by atoms with Crippen molar-refractivity contribution in [2.24, 2.45) is 0 Å². The van der Waals surface area contributed by atoms with E-state index >= 15 is 0 Å². The van der Waals surface area contributed by atoms with Crippen molar-refractivity contribution < 1.29 is 9.59 Å². The molecule has 0 bridgehead atoms. The fourth-order valence-corrected chi connectivity index (χ4v) is 4.24. The highest BCUT2D eigenvalue weighted by atomic mass is 79.9. The van der Waals surface area contributed by atoms with E-state index in [1.807, 2.05) is 36.6 Å². The molecule has 2 aromatic carbocycles. The van der Waals surface area contributed by atoms with Crippen LogP contribution in [0.25, 0.3) is 0 Å². The molecule has 3 aromatic rings. The van der Waals surface area contributed by atoms with Crippen molar-refractivity contribution in [1.29, 1.82) is 0 Å². The monoisotopic (exact) mass is 547 g/mol. The minimum absolute atomic E-state index is 0.154. The van der Waals surface area contributed by atoms with Crippen LogP contribution in [-0.4, -0.2) is 32.3 Å². The molecule has 1 heterocycles. The highest BCUT2D eigenvalue weighted by Crippen LogP contribution is 2.23. The van der Waals surface area contributed by atoms with Gasteiger partial charge in [-0.15, -0.1) is 16.8 Å². The number of hydrogen-bond acceptors (Lipinski definition) is 5. The molecule has 3 rings (SSSR count). The molecular weight excluding hydrogens is 526 g/mol. The van der Waals surface area contributed by atoms with Crippen LogP contribution in [0.2, 0.25) is 5.02 Å². The third kappa shape index (κ3) is 6.69. The molecule has 0 aliphatic carbocycles. The second-order valence-corrected chi connectivity index (χ2v) is 9.48. The molecule has 0 saturated carbocycles. The fourth-order valence-electron chi connectivity index (χ4n) is 3.05. The standard InChI is InChI=1S/C23H23BrClN5O2S/c1-4-10-30-21(15(3)26-22(32)16-6-5-7-17(25)12-16)28-29-23(30)33-13-20(31)27-18-8-9-19(24)14(2)11-18/h4-9,11-12,15H,1,10,13H2,2-3H3,(H,26,32)(H,27,31). The van der Waals surface area contributed by atoms with Gasteiger partial charge in [0, 0.05) is 27.3 Å². The molecule has 0 radical (unpaired) electrons. The lowest BCUT2D eigenvalue weighted by atomic mass is 10.2. The Morgan fingerprint density at radius 2 is 2.06 bits per heavy atom. The lowest BCUT2D eigenvalue weighted by Gasteiger charge is -2.15. The number of benzene rings is 2. The van der Waals surface area contributed by atoms with Crippen molar-refractivity contribution in [3.63, 3.8) is 0 Å². The van der Waals surface area contributed by atoms with Crippen LogP contribution >= 0.6 is 39.3 Å². The van der Waals surface area contributed by atoms with Gasteiger partial charge in [0.2, 0.25) is 5.91 Å². The van der Waals surface area contributed by atoms with E-state index in [4.69, 9.17) is 11.6 Å². The van der Waals surface area contributed by atoms with Crippen LogP contribution in [0, 0.1) is 6.92 Å². The zero-order valence-corrected chi connectivity index (χ0v) is 21.3. The van der Waals surface area contributed by atoms with E-state index in [0.717, 1.165) is 15.7 Å². The van der Waals surface area contributed by atoms with E-state index in [9.17, 15) is 9.59 Å². The first-order chi connectivity index (χ1) is 15.8. The largest absolute Gasteiger partial charge is 0.342 e. The number of halogens is 2. The van der Waals surface area contributed by atoms with Crippen LogP contribution in [-0.2, 0) is 11.3 Å². The van der Waals surface area contributed by atoms with E-state index in [1.165, 1.54) is 11.8 Å². The van der Waals surface area contributed by atoms with Gasteiger partial charge in [-0.25, -0.2) is 0 Å². The lowest BCUT2D eigenvalue weighted by Crippen LogP contribution is -2.28. The Morgan fingerprint density at radius 1 is 1.27 bits per heavy atom. The summed E-state index contributed by atoms with van der Waals surface area (Å²) in [4.78, 5) is 25.0. The van der Waals surface area contributed by atoms with Gasteiger partial charge in [0.1, 0.15) is 0 Å². The maximum atomic E-state index is 12.6. The maximum absolute atomic E-state index is 12.6. The number of amides is 2. The molecule has 0 aliphatic heterocycles. The number of thioether (sulfide) groups is 1. The predicted octanol–water partition coefficient (Wildman–Crippen LogP) is 5.41. The lowest BCUT2D eigenvalue weighted by molar-refractivity contribution is -0.113. The molecule has 1 unspecified atom stereocenters. The summed E-state index contributed by atoms with van der Waals surface area (Å²) in [5, 5.41) is 15.3. The molecule has 1 atom stereocenters.